The number of hydrogen-bond acceptors (Lipinski definition) is 1. The Bertz CT molecular complexity index is 532. The third kappa shape index (κ3) is 2.44. The minimum Gasteiger partial charge on any atom is -0.236 e. The molecule has 0 saturated heterocycles. The van der Waals surface area contributed by atoms with Gasteiger partial charge in [0.2, 0.25) is 0 Å². The number of halogens is 1. The molecule has 2 aromatic rings. The zero-order valence-electron chi connectivity index (χ0n) is 10.6. The van der Waals surface area contributed by atoms with Crippen LogP contribution in [0.3, 0.4) is 0 Å². The molecule has 0 amide bonds. The van der Waals surface area contributed by atoms with Crippen LogP contribution in [0.25, 0.3) is 10.9 Å². The predicted molar refractivity (Wildman–Crippen MR) is 74.8 cm³/mol. The fourth-order valence-electron chi connectivity index (χ4n) is 2.13. The van der Waals surface area contributed by atoms with Crippen molar-refractivity contribution in [2.45, 2.75) is 39.5 Å². The highest BCUT2D eigenvalue weighted by Crippen LogP contribution is 2.28. The predicted octanol–water partition coefficient (Wildman–Crippen LogP) is 4.96. The lowest BCUT2D eigenvalue weighted by atomic mass is 10.0. The van der Waals surface area contributed by atoms with Crippen molar-refractivity contribution in [2.75, 3.05) is 0 Å². The van der Waals surface area contributed by atoms with Crippen molar-refractivity contribution in [3.8, 4) is 0 Å². The molecular formula is C15H18ClN. The fraction of sp³-hybridized carbons (Fsp3) is 0.400. The largest absolute Gasteiger partial charge is 0.236 e. The Morgan fingerprint density at radius 3 is 2.71 bits per heavy atom. The number of aromatic nitrogens is 1. The maximum absolute atomic E-state index is 6.26. The lowest BCUT2D eigenvalue weighted by Crippen LogP contribution is -1.95. The van der Waals surface area contributed by atoms with Gasteiger partial charge in [-0.25, -0.2) is 4.98 Å². The maximum atomic E-state index is 6.26. The van der Waals surface area contributed by atoms with Gasteiger partial charge in [0.25, 0.3) is 0 Å². The van der Waals surface area contributed by atoms with Crippen LogP contribution in [0, 0.1) is 0 Å². The molecule has 0 unspecified atom stereocenters. The quantitative estimate of drug-likeness (QED) is 0.699. The number of aryl methyl sites for hydroxylation is 1. The molecule has 90 valence electrons. The van der Waals surface area contributed by atoms with Gasteiger partial charge in [0, 0.05) is 5.39 Å². The number of pyridine rings is 1. The van der Waals surface area contributed by atoms with E-state index in [0.29, 0.717) is 11.1 Å². The Labute approximate surface area is 108 Å². The Morgan fingerprint density at radius 2 is 2.06 bits per heavy atom. The van der Waals surface area contributed by atoms with Crippen LogP contribution in [-0.2, 0) is 6.42 Å². The second kappa shape index (κ2) is 5.05. The molecule has 0 bridgehead atoms. The standard InChI is InChI=1S/C15H18ClN/c1-4-6-11-7-5-8-12-9-13(10(2)3)15(16)17-14(11)12/h5,7-10H,4,6H2,1-3H3. The number of hydrogen-bond donors (Lipinski definition) is 0. The maximum Gasteiger partial charge on any atom is 0.133 e. The van der Waals surface area contributed by atoms with Crippen molar-refractivity contribution in [1.82, 2.24) is 4.98 Å². The van der Waals surface area contributed by atoms with E-state index in [1.54, 1.807) is 0 Å². The molecule has 0 fully saturated rings. The Hall–Kier alpha value is -1.08. The highest BCUT2D eigenvalue weighted by atomic mass is 35.5. The summed E-state index contributed by atoms with van der Waals surface area (Å²) >= 11 is 6.26. The Morgan fingerprint density at radius 1 is 1.29 bits per heavy atom. The van der Waals surface area contributed by atoms with E-state index < -0.39 is 0 Å². The molecular weight excluding hydrogens is 230 g/mol. The molecule has 0 spiro atoms. The zero-order valence-corrected chi connectivity index (χ0v) is 11.4. The molecule has 0 radical (unpaired) electrons. The van der Waals surface area contributed by atoms with Crippen LogP contribution >= 0.6 is 11.6 Å². The first-order valence-electron chi connectivity index (χ1n) is 6.21. The van der Waals surface area contributed by atoms with Crippen LogP contribution < -0.4 is 0 Å². The first kappa shape index (κ1) is 12.4. The van der Waals surface area contributed by atoms with Crippen LogP contribution in [0.1, 0.15) is 44.2 Å². The van der Waals surface area contributed by atoms with E-state index in [9.17, 15) is 0 Å². The molecule has 17 heavy (non-hydrogen) atoms. The summed E-state index contributed by atoms with van der Waals surface area (Å²) < 4.78 is 0. The SMILES string of the molecule is CCCc1cccc2cc(C(C)C)c(Cl)nc12. The van der Waals surface area contributed by atoms with E-state index >= 15 is 0 Å². The van der Waals surface area contributed by atoms with Crippen molar-refractivity contribution in [2.24, 2.45) is 0 Å². The normalized spacial score (nSPS) is 11.4. The van der Waals surface area contributed by atoms with Crippen LogP contribution in [0.5, 0.6) is 0 Å². The molecule has 2 heteroatoms. The average Bonchev–Trinajstić information content (AvgIpc) is 2.29. The highest BCUT2D eigenvalue weighted by Gasteiger charge is 2.10. The van der Waals surface area contributed by atoms with E-state index in [4.69, 9.17) is 11.6 Å². The monoisotopic (exact) mass is 247 g/mol. The summed E-state index contributed by atoms with van der Waals surface area (Å²) in [6, 6.07) is 8.54. The van der Waals surface area contributed by atoms with Gasteiger partial charge in [-0.3, -0.25) is 0 Å². The van der Waals surface area contributed by atoms with Gasteiger partial charge >= 0.3 is 0 Å². The summed E-state index contributed by atoms with van der Waals surface area (Å²) in [5, 5.41) is 1.85. The number of para-hydroxylation sites is 1. The molecule has 0 aliphatic carbocycles. The molecule has 0 saturated carbocycles. The molecule has 0 aliphatic rings. The van der Waals surface area contributed by atoms with Gasteiger partial charge in [0.1, 0.15) is 5.15 Å². The fourth-order valence-corrected chi connectivity index (χ4v) is 2.49. The number of rotatable bonds is 3. The first-order valence-corrected chi connectivity index (χ1v) is 6.59. The zero-order chi connectivity index (χ0) is 12.4. The van der Waals surface area contributed by atoms with Gasteiger partial charge in [0.05, 0.1) is 5.52 Å². The van der Waals surface area contributed by atoms with Crippen LogP contribution in [0.15, 0.2) is 24.3 Å². The van der Waals surface area contributed by atoms with Crippen molar-refractivity contribution in [1.29, 1.82) is 0 Å². The number of fused-ring (bicyclic) bond motifs is 1. The summed E-state index contributed by atoms with van der Waals surface area (Å²) in [6.07, 6.45) is 2.19. The second-order valence-corrected chi connectivity index (χ2v) is 5.12. The van der Waals surface area contributed by atoms with Crippen molar-refractivity contribution >= 4 is 22.5 Å². The molecule has 1 aromatic carbocycles. The van der Waals surface area contributed by atoms with Gasteiger partial charge in [-0.2, -0.15) is 0 Å². The Balaban J connectivity index is 2.64. The lowest BCUT2D eigenvalue weighted by Gasteiger charge is -2.11. The van der Waals surface area contributed by atoms with E-state index in [1.165, 1.54) is 10.9 Å². The lowest BCUT2D eigenvalue weighted by molar-refractivity contribution is 0.861. The highest BCUT2D eigenvalue weighted by molar-refractivity contribution is 6.30. The third-order valence-electron chi connectivity index (χ3n) is 3.05. The topological polar surface area (TPSA) is 12.9 Å². The molecule has 0 aliphatic heterocycles. The van der Waals surface area contributed by atoms with E-state index in [0.717, 1.165) is 23.9 Å². The van der Waals surface area contributed by atoms with Crippen molar-refractivity contribution in [3.05, 3.63) is 40.5 Å². The number of nitrogens with zero attached hydrogens (tertiary/aromatic N) is 1. The summed E-state index contributed by atoms with van der Waals surface area (Å²) in [4.78, 5) is 4.58. The molecule has 1 nitrogen and oxygen atoms in total. The van der Waals surface area contributed by atoms with Crippen LogP contribution in [0.2, 0.25) is 5.15 Å². The second-order valence-electron chi connectivity index (χ2n) is 4.76. The summed E-state index contributed by atoms with van der Waals surface area (Å²) in [5.74, 6) is 0.411. The van der Waals surface area contributed by atoms with Gasteiger partial charge < -0.3 is 0 Å². The van der Waals surface area contributed by atoms with Crippen molar-refractivity contribution in [3.63, 3.8) is 0 Å². The smallest absolute Gasteiger partial charge is 0.133 e. The van der Waals surface area contributed by atoms with Crippen LogP contribution in [0.4, 0.5) is 0 Å². The van der Waals surface area contributed by atoms with Crippen molar-refractivity contribution < 1.29 is 0 Å². The number of benzene rings is 1. The molecule has 2 rings (SSSR count). The summed E-state index contributed by atoms with van der Waals surface area (Å²) in [5.41, 5.74) is 3.48. The molecule has 1 aromatic heterocycles. The van der Waals surface area contributed by atoms with Gasteiger partial charge in [-0.15, -0.1) is 0 Å². The first-order chi connectivity index (χ1) is 8.13. The van der Waals surface area contributed by atoms with E-state index in [-0.39, 0.29) is 0 Å². The molecule has 0 atom stereocenters. The molecule has 1 heterocycles. The minimum absolute atomic E-state index is 0.411. The Kier molecular flexibility index (Phi) is 3.68. The summed E-state index contributed by atoms with van der Waals surface area (Å²) in [7, 11) is 0. The van der Waals surface area contributed by atoms with E-state index in [1.807, 2.05) is 0 Å². The van der Waals surface area contributed by atoms with E-state index in [2.05, 4.69) is 50.0 Å². The van der Waals surface area contributed by atoms with Crippen LogP contribution in [-0.4, -0.2) is 4.98 Å². The average molecular weight is 248 g/mol. The summed E-state index contributed by atoms with van der Waals surface area (Å²) in [6.45, 7) is 6.47. The van der Waals surface area contributed by atoms with Gasteiger partial charge in [-0.1, -0.05) is 57.0 Å². The third-order valence-corrected chi connectivity index (χ3v) is 3.35. The molecule has 0 N–H and O–H groups in total. The van der Waals surface area contributed by atoms with Gasteiger partial charge in [0.15, 0.2) is 0 Å². The van der Waals surface area contributed by atoms with Gasteiger partial charge in [-0.05, 0) is 29.5 Å². The minimum atomic E-state index is 0.411.